The van der Waals surface area contributed by atoms with Crippen molar-refractivity contribution >= 4 is 9.05 Å². The highest BCUT2D eigenvalue weighted by Crippen LogP contribution is 2.11. The molecule has 0 bridgehead atoms. The zero-order chi connectivity index (χ0) is 12.9. The minimum Gasteiger partial charge on any atom is -0.397 e. The lowest BCUT2D eigenvalue weighted by Gasteiger charge is -2.26. The van der Waals surface area contributed by atoms with Crippen LogP contribution in [0.1, 0.15) is 34.6 Å². The summed E-state index contributed by atoms with van der Waals surface area (Å²) in [5.74, 6) is 0. The second-order valence-electron chi connectivity index (χ2n) is 2.55. The van der Waals surface area contributed by atoms with Crippen molar-refractivity contribution in [2.75, 3.05) is 33.0 Å². The van der Waals surface area contributed by atoms with Gasteiger partial charge in [-0.2, -0.15) is 0 Å². The first-order valence-corrected chi connectivity index (χ1v) is 7.46. The van der Waals surface area contributed by atoms with Crippen LogP contribution in [0.4, 0.5) is 0 Å². The zero-order valence-corrected chi connectivity index (χ0v) is 12.8. The molecular formula is C10H29NO5Si. The van der Waals surface area contributed by atoms with Crippen LogP contribution in [0.3, 0.4) is 0 Å². The minimum atomic E-state index is -2.80. The number of rotatable bonds is 8. The van der Waals surface area contributed by atoms with Gasteiger partial charge in [-0.3, -0.25) is 0 Å². The monoisotopic (exact) mass is 271 g/mol. The summed E-state index contributed by atoms with van der Waals surface area (Å²) in [6.07, 6.45) is 0. The van der Waals surface area contributed by atoms with E-state index >= 15 is 0 Å². The largest absolute Gasteiger partial charge is 0.679 e. The molecule has 0 aliphatic heterocycles. The molecule has 0 aromatic carbocycles. The van der Waals surface area contributed by atoms with Gasteiger partial charge in [-0.25, -0.2) is 0 Å². The number of aliphatic hydroxyl groups excluding tert-OH is 1. The van der Waals surface area contributed by atoms with Crippen molar-refractivity contribution < 1.29 is 22.8 Å². The first-order chi connectivity index (χ1) is 7.66. The number of hydrogen-bond acceptors (Lipinski definition) is 6. The smallest absolute Gasteiger partial charge is 0.397 e. The third kappa shape index (κ3) is 12.2. The lowest BCUT2D eigenvalue weighted by Crippen LogP contribution is -2.49. The van der Waals surface area contributed by atoms with Crippen LogP contribution in [0.25, 0.3) is 0 Å². The van der Waals surface area contributed by atoms with Gasteiger partial charge >= 0.3 is 9.05 Å². The van der Waals surface area contributed by atoms with Crippen LogP contribution in [-0.2, 0) is 17.7 Å². The van der Waals surface area contributed by atoms with Gasteiger partial charge in [0.1, 0.15) is 0 Å². The number of aliphatic hydroxyl groups is 1. The second kappa shape index (κ2) is 16.0. The Morgan fingerprint density at radius 1 is 0.706 bits per heavy atom. The predicted molar refractivity (Wildman–Crippen MR) is 70.0 cm³/mol. The molecule has 17 heavy (non-hydrogen) atoms. The van der Waals surface area contributed by atoms with E-state index < -0.39 is 9.05 Å². The van der Waals surface area contributed by atoms with Crippen LogP contribution in [0.15, 0.2) is 0 Å². The normalized spacial score (nSPS) is 10.2. The molecule has 108 valence electrons. The molecular weight excluding hydrogens is 242 g/mol. The molecule has 7 heteroatoms. The Balaban J connectivity index is -0.000000440. The summed E-state index contributed by atoms with van der Waals surface area (Å²) < 4.78 is 21.7. The Kier molecular flexibility index (Phi) is 20.8. The Bertz CT molecular complexity index is 110. The summed E-state index contributed by atoms with van der Waals surface area (Å²) in [5.41, 5.74) is 0. The maximum absolute atomic E-state index is 7.57. The molecule has 0 saturated heterocycles. The molecule has 0 aromatic heterocycles. The van der Waals surface area contributed by atoms with Gasteiger partial charge in [0.15, 0.2) is 0 Å². The average Bonchev–Trinajstić information content (AvgIpc) is 2.20. The highest BCUT2D eigenvalue weighted by Gasteiger charge is 2.44. The lowest BCUT2D eigenvalue weighted by atomic mass is 10.9. The zero-order valence-electron chi connectivity index (χ0n) is 11.8. The van der Waals surface area contributed by atoms with Crippen molar-refractivity contribution in [3.05, 3.63) is 0 Å². The van der Waals surface area contributed by atoms with E-state index in [9.17, 15) is 0 Å². The third-order valence-corrected chi connectivity index (χ3v) is 3.85. The second-order valence-corrected chi connectivity index (χ2v) is 4.70. The summed E-state index contributed by atoms with van der Waals surface area (Å²) in [6.45, 7) is 11.7. The molecule has 0 atom stereocenters. The summed E-state index contributed by atoms with van der Waals surface area (Å²) in [4.78, 5) is 0. The van der Waals surface area contributed by atoms with Crippen molar-refractivity contribution in [3.63, 3.8) is 0 Å². The van der Waals surface area contributed by atoms with Crippen LogP contribution < -0.4 is 6.15 Å². The van der Waals surface area contributed by atoms with Crippen LogP contribution in [0, 0.1) is 0 Å². The number of hydrogen-bond donors (Lipinski definition) is 2. The van der Waals surface area contributed by atoms with Crippen molar-refractivity contribution in [2.45, 2.75) is 34.6 Å². The van der Waals surface area contributed by atoms with E-state index in [1.165, 1.54) is 0 Å². The van der Waals surface area contributed by atoms with E-state index in [0.29, 0.717) is 26.4 Å². The van der Waals surface area contributed by atoms with E-state index in [-0.39, 0.29) is 12.8 Å². The summed E-state index contributed by atoms with van der Waals surface area (Å²) in [6, 6.07) is 0. The molecule has 0 aliphatic rings. The fourth-order valence-corrected chi connectivity index (χ4v) is 2.87. The standard InChI is InChI=1S/C8H20O4Si.C2H6O.H3N/c1-5-9-13(10-6-2,11-7-3)12-8-4;1-2-3;/h5-8H2,1-4H3;3H,2H2,1H3;1H3. The van der Waals surface area contributed by atoms with E-state index in [0.717, 1.165) is 0 Å². The first-order valence-electron chi connectivity index (χ1n) is 5.82. The van der Waals surface area contributed by atoms with Gasteiger partial charge in [0, 0.05) is 33.0 Å². The molecule has 0 aromatic rings. The van der Waals surface area contributed by atoms with Gasteiger partial charge in [0.2, 0.25) is 0 Å². The van der Waals surface area contributed by atoms with Crippen molar-refractivity contribution in [1.82, 2.24) is 6.15 Å². The summed E-state index contributed by atoms with van der Waals surface area (Å²) in [5, 5.41) is 7.57. The van der Waals surface area contributed by atoms with Crippen LogP contribution in [-0.4, -0.2) is 47.2 Å². The Labute approximate surface area is 106 Å². The third-order valence-electron chi connectivity index (χ3n) is 1.28. The fraction of sp³-hybridized carbons (Fsp3) is 1.00. The summed E-state index contributed by atoms with van der Waals surface area (Å²) >= 11 is 0. The van der Waals surface area contributed by atoms with E-state index in [4.69, 9.17) is 22.8 Å². The average molecular weight is 271 g/mol. The fourth-order valence-electron chi connectivity index (χ4n) is 0.957. The quantitative estimate of drug-likeness (QED) is 0.653. The van der Waals surface area contributed by atoms with Gasteiger partial charge in [-0.15, -0.1) is 0 Å². The van der Waals surface area contributed by atoms with E-state index in [2.05, 4.69) is 0 Å². The maximum Gasteiger partial charge on any atom is 0.679 e. The summed E-state index contributed by atoms with van der Waals surface area (Å²) in [7, 11) is -2.80. The molecule has 0 unspecified atom stereocenters. The molecule has 0 heterocycles. The Hall–Kier alpha value is -0.0231. The Morgan fingerprint density at radius 2 is 0.882 bits per heavy atom. The predicted octanol–water partition coefficient (Wildman–Crippen LogP) is 1.73. The van der Waals surface area contributed by atoms with E-state index in [1.807, 2.05) is 27.7 Å². The first kappa shape index (κ1) is 22.2. The lowest BCUT2D eigenvalue weighted by molar-refractivity contribution is -0.0247. The van der Waals surface area contributed by atoms with Gasteiger partial charge < -0.3 is 29.0 Å². The molecule has 6 nitrogen and oxygen atoms in total. The van der Waals surface area contributed by atoms with Crippen LogP contribution in [0.2, 0.25) is 0 Å². The van der Waals surface area contributed by atoms with Crippen molar-refractivity contribution in [1.29, 1.82) is 0 Å². The van der Waals surface area contributed by atoms with Gasteiger partial charge in [-0.1, -0.05) is 0 Å². The molecule has 0 aliphatic carbocycles. The highest BCUT2D eigenvalue weighted by atomic mass is 28.4. The van der Waals surface area contributed by atoms with Gasteiger partial charge in [0.25, 0.3) is 0 Å². The van der Waals surface area contributed by atoms with Crippen LogP contribution in [0.5, 0.6) is 0 Å². The molecule has 0 radical (unpaired) electrons. The topological polar surface area (TPSA) is 92.2 Å². The molecule has 0 fully saturated rings. The minimum absolute atomic E-state index is 0. The van der Waals surface area contributed by atoms with Crippen molar-refractivity contribution in [2.24, 2.45) is 0 Å². The van der Waals surface area contributed by atoms with Gasteiger partial charge in [0.05, 0.1) is 0 Å². The molecule has 0 amide bonds. The van der Waals surface area contributed by atoms with Crippen molar-refractivity contribution in [3.8, 4) is 0 Å². The highest BCUT2D eigenvalue weighted by molar-refractivity contribution is 6.53. The SMILES string of the molecule is CCO.CCO[Si](OCC)(OCC)OCC.N. The molecule has 4 N–H and O–H groups in total. The van der Waals surface area contributed by atoms with Crippen LogP contribution >= 0.6 is 0 Å². The van der Waals surface area contributed by atoms with E-state index in [1.54, 1.807) is 6.92 Å². The Morgan fingerprint density at radius 3 is 1.00 bits per heavy atom. The molecule has 0 rings (SSSR count). The maximum atomic E-state index is 7.57. The van der Waals surface area contributed by atoms with Gasteiger partial charge in [-0.05, 0) is 34.6 Å². The molecule has 0 spiro atoms. The molecule has 0 saturated carbocycles.